The molecule has 1 amide bonds. The van der Waals surface area contributed by atoms with Crippen molar-refractivity contribution in [3.63, 3.8) is 0 Å². The molecular weight excluding hydrogens is 582 g/mol. The van der Waals surface area contributed by atoms with Gasteiger partial charge in [0.1, 0.15) is 16.7 Å². The van der Waals surface area contributed by atoms with E-state index in [9.17, 15) is 9.59 Å². The van der Waals surface area contributed by atoms with E-state index in [2.05, 4.69) is 53.2 Å². The molecule has 1 N–H and O–H groups in total. The van der Waals surface area contributed by atoms with Gasteiger partial charge >= 0.3 is 5.97 Å². The molecule has 9 heteroatoms. The average molecular weight is 628 g/mol. The Morgan fingerprint density at radius 3 is 2.11 bits per heavy atom. The second-order valence-electron chi connectivity index (χ2n) is 13.4. The summed E-state index contributed by atoms with van der Waals surface area (Å²) in [5.74, 6) is -0.216. The van der Waals surface area contributed by atoms with Crippen LogP contribution in [0, 0.1) is 0 Å². The third-order valence-electron chi connectivity index (χ3n) is 7.27. The minimum atomic E-state index is -0.858. The number of rotatable bonds is 12. The molecule has 0 radical (unpaired) electrons. The van der Waals surface area contributed by atoms with Gasteiger partial charge in [-0.1, -0.05) is 94.7 Å². The van der Waals surface area contributed by atoms with Crippen LogP contribution in [0.5, 0.6) is 0 Å². The molecule has 4 aromatic rings. The number of nitrogens with one attached hydrogen (secondary N) is 1. The summed E-state index contributed by atoms with van der Waals surface area (Å²) in [6, 6.07) is 14.3. The zero-order valence-corrected chi connectivity index (χ0v) is 28.3. The molecule has 2 aromatic heterocycles. The van der Waals surface area contributed by atoms with E-state index in [4.69, 9.17) is 4.74 Å². The van der Waals surface area contributed by atoms with Crippen LogP contribution >= 0.6 is 11.3 Å². The smallest absolute Gasteiger partial charge is 0.329 e. The fourth-order valence-electron chi connectivity index (χ4n) is 4.72. The van der Waals surface area contributed by atoms with Crippen LogP contribution in [0.1, 0.15) is 101 Å². The van der Waals surface area contributed by atoms with Crippen molar-refractivity contribution in [3.05, 3.63) is 82.6 Å². The molecule has 45 heavy (non-hydrogen) atoms. The van der Waals surface area contributed by atoms with Gasteiger partial charge < -0.3 is 10.1 Å². The first-order chi connectivity index (χ1) is 21.3. The molecule has 2 aromatic carbocycles. The molecular formula is C36H45N5O3S. The second kappa shape index (κ2) is 14.9. The number of carbonyl (C=O) groups is 2. The Hall–Kier alpha value is -3.98. The Balaban J connectivity index is 1.43. The highest BCUT2D eigenvalue weighted by molar-refractivity contribution is 7.14. The fraction of sp³-hybridized carbons (Fsp3) is 0.444. The quantitative estimate of drug-likeness (QED) is 0.126. The first-order valence-electron chi connectivity index (χ1n) is 15.7. The molecule has 0 bridgehead atoms. The van der Waals surface area contributed by atoms with Gasteiger partial charge in [-0.3, -0.25) is 4.79 Å². The van der Waals surface area contributed by atoms with Gasteiger partial charge in [-0.2, -0.15) is 0 Å². The van der Waals surface area contributed by atoms with Gasteiger partial charge in [0, 0.05) is 41.9 Å². The normalized spacial score (nSPS) is 12.5. The van der Waals surface area contributed by atoms with Crippen molar-refractivity contribution < 1.29 is 14.3 Å². The molecule has 4 rings (SSSR count). The van der Waals surface area contributed by atoms with Gasteiger partial charge in [-0.25, -0.2) is 14.8 Å². The van der Waals surface area contributed by atoms with Crippen molar-refractivity contribution in [1.29, 1.82) is 0 Å². The summed E-state index contributed by atoms with van der Waals surface area (Å²) in [5.41, 5.74) is 3.46. The van der Waals surface area contributed by atoms with E-state index >= 15 is 0 Å². The van der Waals surface area contributed by atoms with Crippen LogP contribution < -0.4 is 5.32 Å². The van der Waals surface area contributed by atoms with Crippen LogP contribution in [0.2, 0.25) is 0 Å². The van der Waals surface area contributed by atoms with Gasteiger partial charge in [0.25, 0.3) is 5.91 Å². The summed E-state index contributed by atoms with van der Waals surface area (Å²) in [6.07, 6.45) is 9.58. The van der Waals surface area contributed by atoms with E-state index in [-0.39, 0.29) is 17.7 Å². The van der Waals surface area contributed by atoms with Crippen LogP contribution in [0.4, 0.5) is 0 Å². The topological polar surface area (TPSA) is 107 Å². The van der Waals surface area contributed by atoms with Crippen molar-refractivity contribution in [2.45, 2.75) is 104 Å². The van der Waals surface area contributed by atoms with Crippen LogP contribution in [0.15, 0.2) is 60.9 Å². The zero-order valence-electron chi connectivity index (χ0n) is 27.5. The fourth-order valence-corrected chi connectivity index (χ4v) is 5.57. The number of ether oxygens (including phenoxy) is 1. The highest BCUT2D eigenvalue weighted by Gasteiger charge is 2.27. The number of hydrogen-bond acceptors (Lipinski definition) is 8. The van der Waals surface area contributed by atoms with Gasteiger partial charge in [0.15, 0.2) is 10.8 Å². The maximum absolute atomic E-state index is 13.2. The van der Waals surface area contributed by atoms with Gasteiger partial charge in [-0.05, 0) is 55.9 Å². The lowest BCUT2D eigenvalue weighted by Gasteiger charge is -2.25. The lowest BCUT2D eigenvalue weighted by molar-refractivity contribution is -0.157. The third-order valence-corrected chi connectivity index (χ3v) is 8.30. The number of benzene rings is 2. The monoisotopic (exact) mass is 627 g/mol. The summed E-state index contributed by atoms with van der Waals surface area (Å²) in [6.45, 7) is 14.0. The first-order valence-corrected chi connectivity index (χ1v) is 16.5. The summed E-state index contributed by atoms with van der Waals surface area (Å²) in [7, 11) is 0. The highest BCUT2D eigenvalue weighted by Crippen LogP contribution is 2.26. The minimum Gasteiger partial charge on any atom is -0.458 e. The van der Waals surface area contributed by atoms with E-state index in [1.165, 1.54) is 19.3 Å². The Labute approximate surface area is 271 Å². The molecule has 2 heterocycles. The lowest BCUT2D eigenvalue weighted by Crippen LogP contribution is -2.45. The van der Waals surface area contributed by atoms with E-state index in [0.29, 0.717) is 11.4 Å². The number of amides is 1. The molecule has 0 saturated carbocycles. The lowest BCUT2D eigenvalue weighted by atomic mass is 9.86. The summed E-state index contributed by atoms with van der Waals surface area (Å²) >= 11 is 1.59. The maximum atomic E-state index is 13.2. The van der Waals surface area contributed by atoms with Crippen LogP contribution in [0.25, 0.3) is 22.0 Å². The van der Waals surface area contributed by atoms with Crippen LogP contribution in [-0.4, -0.2) is 43.7 Å². The summed E-state index contributed by atoms with van der Waals surface area (Å²) in [5, 5.41) is 13.4. The number of unbranched alkanes of at least 4 members (excludes halogenated alkanes) is 3. The third kappa shape index (κ3) is 10.0. The van der Waals surface area contributed by atoms with Crippen LogP contribution in [-0.2, 0) is 27.8 Å². The van der Waals surface area contributed by atoms with Gasteiger partial charge in [-0.15, -0.1) is 10.2 Å². The molecule has 0 unspecified atom stereocenters. The van der Waals surface area contributed by atoms with Gasteiger partial charge in [0.05, 0.1) is 0 Å². The molecule has 0 saturated heterocycles. The average Bonchev–Trinajstić information content (AvgIpc) is 3.47. The number of nitrogens with zero attached hydrogens (tertiary/aromatic N) is 4. The molecule has 0 aliphatic heterocycles. The van der Waals surface area contributed by atoms with Gasteiger partial charge in [0.2, 0.25) is 0 Å². The van der Waals surface area contributed by atoms with Crippen molar-refractivity contribution in [2.75, 3.05) is 0 Å². The number of aryl methyl sites for hydroxylation is 1. The second-order valence-corrected chi connectivity index (χ2v) is 14.5. The Kier molecular flexibility index (Phi) is 11.2. The summed E-state index contributed by atoms with van der Waals surface area (Å²) < 4.78 is 5.66. The molecule has 0 spiro atoms. The van der Waals surface area contributed by atoms with Crippen LogP contribution in [0.3, 0.4) is 0 Å². The van der Waals surface area contributed by atoms with E-state index in [1.54, 1.807) is 35.9 Å². The molecule has 0 aliphatic carbocycles. The van der Waals surface area contributed by atoms with Crippen molar-refractivity contribution in [3.8, 4) is 22.0 Å². The van der Waals surface area contributed by atoms with E-state index < -0.39 is 17.6 Å². The standard InChI is InChI=1S/C36H45N5O3S/c1-8-9-10-11-12-30-40-41-33(45-30)27-22-37-31(38-23-27)25-15-13-24(14-16-25)21-29(34(43)44-36(5,6)7)39-32(42)26-17-19-28(20-18-26)35(2,3)4/h13-20,22-23,29H,8-12,21H2,1-7H3,(H,39,42)/t29-/m0/s1. The highest BCUT2D eigenvalue weighted by atomic mass is 32.1. The molecule has 238 valence electrons. The maximum Gasteiger partial charge on any atom is 0.329 e. The summed E-state index contributed by atoms with van der Waals surface area (Å²) in [4.78, 5) is 35.5. The molecule has 8 nitrogen and oxygen atoms in total. The molecule has 1 atom stereocenters. The SMILES string of the molecule is CCCCCCc1nnc(-c2cnc(-c3ccc(C[C@H](NC(=O)c4ccc(C(C)(C)C)cc4)C(=O)OC(C)(C)C)cc3)nc2)s1. The van der Waals surface area contributed by atoms with Crippen molar-refractivity contribution in [2.24, 2.45) is 0 Å². The number of esters is 1. The number of aromatic nitrogens is 4. The number of hydrogen-bond donors (Lipinski definition) is 1. The zero-order chi connectivity index (χ0) is 32.6. The largest absolute Gasteiger partial charge is 0.458 e. The predicted octanol–water partition coefficient (Wildman–Crippen LogP) is 7.77. The Morgan fingerprint density at radius 2 is 1.51 bits per heavy atom. The molecule has 0 fully saturated rings. The van der Waals surface area contributed by atoms with Crippen molar-refractivity contribution in [1.82, 2.24) is 25.5 Å². The first kappa shape index (κ1) is 33.9. The Morgan fingerprint density at radius 1 is 0.844 bits per heavy atom. The van der Waals surface area contributed by atoms with E-state index in [1.807, 2.05) is 57.2 Å². The predicted molar refractivity (Wildman–Crippen MR) is 180 cm³/mol. The minimum absolute atomic E-state index is 0.0244. The van der Waals surface area contributed by atoms with Crippen molar-refractivity contribution >= 4 is 23.2 Å². The Bertz CT molecular complexity index is 1550. The molecule has 0 aliphatic rings. The van der Waals surface area contributed by atoms with E-state index in [0.717, 1.165) is 45.1 Å². The number of carbonyl (C=O) groups excluding carboxylic acids is 2.